The van der Waals surface area contributed by atoms with E-state index in [1.165, 1.54) is 34.2 Å². The minimum absolute atomic E-state index is 0.714. The van der Waals surface area contributed by atoms with Crippen molar-refractivity contribution in [3.8, 4) is 11.1 Å². The zero-order chi connectivity index (χ0) is 20.4. The summed E-state index contributed by atoms with van der Waals surface area (Å²) in [6.07, 6.45) is 9.82. The number of benzene rings is 2. The van der Waals surface area contributed by atoms with Gasteiger partial charge >= 0.3 is 0 Å². The summed E-state index contributed by atoms with van der Waals surface area (Å²) >= 11 is 0. The first kappa shape index (κ1) is 22.7. The SMILES string of the molecule is C=Cc1cccc(-c2cccc3c2C2C[C@@H]2C=C3)c1C=C.CC.CC.CC. The highest BCUT2D eigenvalue weighted by molar-refractivity contribution is 5.84. The van der Waals surface area contributed by atoms with Crippen LogP contribution in [0.15, 0.2) is 55.6 Å². The second-order valence-electron chi connectivity index (χ2n) is 5.89. The Morgan fingerprint density at radius 1 is 0.815 bits per heavy atom. The van der Waals surface area contributed by atoms with Crippen LogP contribution in [0.1, 0.15) is 76.1 Å². The highest BCUT2D eigenvalue weighted by Crippen LogP contribution is 2.55. The van der Waals surface area contributed by atoms with Crippen molar-refractivity contribution in [3.63, 3.8) is 0 Å². The molecule has 2 aromatic rings. The molecule has 1 unspecified atom stereocenters. The molecule has 0 spiro atoms. The Balaban J connectivity index is 0.000000556. The van der Waals surface area contributed by atoms with Gasteiger partial charge < -0.3 is 0 Å². The molecule has 144 valence electrons. The van der Waals surface area contributed by atoms with Crippen LogP contribution in [-0.4, -0.2) is 0 Å². The summed E-state index contributed by atoms with van der Waals surface area (Å²) in [5, 5.41) is 0. The van der Waals surface area contributed by atoms with Gasteiger partial charge in [0.1, 0.15) is 0 Å². The minimum Gasteiger partial charge on any atom is -0.0984 e. The van der Waals surface area contributed by atoms with E-state index in [0.29, 0.717) is 5.92 Å². The molecule has 2 aliphatic rings. The van der Waals surface area contributed by atoms with Crippen molar-refractivity contribution in [3.05, 3.63) is 77.9 Å². The average Bonchev–Trinajstić information content (AvgIpc) is 3.57. The number of allylic oxidation sites excluding steroid dienone is 1. The normalized spacial score (nSPS) is 17.3. The summed E-state index contributed by atoms with van der Waals surface area (Å²) in [5.74, 6) is 1.47. The quantitative estimate of drug-likeness (QED) is 0.512. The molecule has 0 amide bonds. The average molecular weight is 361 g/mol. The van der Waals surface area contributed by atoms with Gasteiger partial charge in [-0.3, -0.25) is 0 Å². The van der Waals surface area contributed by atoms with E-state index in [4.69, 9.17) is 0 Å². The van der Waals surface area contributed by atoms with Gasteiger partial charge in [0, 0.05) is 0 Å². The molecule has 0 heteroatoms. The van der Waals surface area contributed by atoms with Crippen LogP contribution in [0.2, 0.25) is 0 Å². The van der Waals surface area contributed by atoms with Gasteiger partial charge in [-0.1, -0.05) is 115 Å². The van der Waals surface area contributed by atoms with Gasteiger partial charge in [-0.05, 0) is 51.6 Å². The number of fused-ring (bicyclic) bond motifs is 3. The van der Waals surface area contributed by atoms with Crippen molar-refractivity contribution in [2.45, 2.75) is 53.9 Å². The third-order valence-corrected chi connectivity index (χ3v) is 4.73. The molecule has 0 bridgehead atoms. The van der Waals surface area contributed by atoms with E-state index in [1.807, 2.05) is 53.7 Å². The largest absolute Gasteiger partial charge is 0.0984 e. The predicted molar refractivity (Wildman–Crippen MR) is 126 cm³/mol. The van der Waals surface area contributed by atoms with Crippen molar-refractivity contribution in [1.82, 2.24) is 0 Å². The lowest BCUT2D eigenvalue weighted by atomic mass is 9.86. The first-order valence-corrected chi connectivity index (χ1v) is 10.5. The fraction of sp³-hybridized carbons (Fsp3) is 0.333. The van der Waals surface area contributed by atoms with E-state index in [1.54, 1.807) is 0 Å². The second kappa shape index (κ2) is 11.4. The van der Waals surface area contributed by atoms with Crippen molar-refractivity contribution in [2.24, 2.45) is 5.92 Å². The Labute approximate surface area is 167 Å². The zero-order valence-corrected chi connectivity index (χ0v) is 18.0. The smallest absolute Gasteiger partial charge is 0.00808 e. The summed E-state index contributed by atoms with van der Waals surface area (Å²) in [7, 11) is 0. The van der Waals surface area contributed by atoms with Crippen LogP contribution < -0.4 is 0 Å². The molecule has 0 aliphatic heterocycles. The molecule has 0 heterocycles. The van der Waals surface area contributed by atoms with Gasteiger partial charge in [-0.2, -0.15) is 0 Å². The number of hydrogen-bond acceptors (Lipinski definition) is 0. The number of hydrogen-bond donors (Lipinski definition) is 0. The molecule has 0 radical (unpaired) electrons. The van der Waals surface area contributed by atoms with Crippen molar-refractivity contribution in [2.75, 3.05) is 0 Å². The Kier molecular flexibility index (Phi) is 9.58. The molecular formula is C27H36. The van der Waals surface area contributed by atoms with Gasteiger partial charge in [0.25, 0.3) is 0 Å². The van der Waals surface area contributed by atoms with Crippen molar-refractivity contribution < 1.29 is 0 Å². The van der Waals surface area contributed by atoms with Crippen LogP contribution in [-0.2, 0) is 0 Å². The lowest BCUT2D eigenvalue weighted by Gasteiger charge is -2.18. The third kappa shape index (κ3) is 4.69. The second-order valence-corrected chi connectivity index (χ2v) is 5.89. The van der Waals surface area contributed by atoms with E-state index in [-0.39, 0.29) is 0 Å². The molecule has 0 saturated heterocycles. The number of rotatable bonds is 3. The molecule has 2 atom stereocenters. The van der Waals surface area contributed by atoms with Crippen LogP contribution in [0, 0.1) is 5.92 Å². The third-order valence-electron chi connectivity index (χ3n) is 4.73. The monoisotopic (exact) mass is 360 g/mol. The molecule has 0 N–H and O–H groups in total. The Hall–Kier alpha value is -2.34. The standard InChI is InChI=1S/C21H18.3C2H6/c1-3-14-7-5-9-18(17(14)4-2)19-10-6-8-15-11-12-16-13-20(16)21(15)19;3*1-2/h3-12,16,20H,1-2,13H2;3*1-2H3/t16-,20?;;;/m0.../s1. The fourth-order valence-corrected chi connectivity index (χ4v) is 3.59. The van der Waals surface area contributed by atoms with E-state index in [2.05, 4.69) is 61.7 Å². The summed E-state index contributed by atoms with van der Waals surface area (Å²) in [6.45, 7) is 19.9. The first-order chi connectivity index (χ1) is 13.3. The lowest BCUT2D eigenvalue weighted by Crippen LogP contribution is -1.98. The van der Waals surface area contributed by atoms with Crippen molar-refractivity contribution >= 4 is 18.2 Å². The molecular weight excluding hydrogens is 324 g/mol. The Bertz CT molecular complexity index is 777. The maximum Gasteiger partial charge on any atom is -0.00808 e. The lowest BCUT2D eigenvalue weighted by molar-refractivity contribution is 0.998. The molecule has 1 saturated carbocycles. The van der Waals surface area contributed by atoms with Gasteiger partial charge in [-0.15, -0.1) is 0 Å². The Morgan fingerprint density at radius 2 is 1.44 bits per heavy atom. The topological polar surface area (TPSA) is 0 Å². The molecule has 0 nitrogen and oxygen atoms in total. The van der Waals surface area contributed by atoms with E-state index < -0.39 is 0 Å². The fourth-order valence-electron chi connectivity index (χ4n) is 3.59. The van der Waals surface area contributed by atoms with Crippen molar-refractivity contribution in [1.29, 1.82) is 0 Å². The maximum atomic E-state index is 4.01. The Morgan fingerprint density at radius 3 is 2.07 bits per heavy atom. The molecule has 0 aromatic heterocycles. The van der Waals surface area contributed by atoms with Gasteiger partial charge in [0.15, 0.2) is 0 Å². The molecule has 4 rings (SSSR count). The highest BCUT2D eigenvalue weighted by atomic mass is 14.4. The highest BCUT2D eigenvalue weighted by Gasteiger charge is 2.41. The van der Waals surface area contributed by atoms with E-state index >= 15 is 0 Å². The summed E-state index contributed by atoms with van der Waals surface area (Å²) < 4.78 is 0. The van der Waals surface area contributed by atoms with Gasteiger partial charge in [-0.25, -0.2) is 0 Å². The summed E-state index contributed by atoms with van der Waals surface area (Å²) in [6, 6.07) is 13.1. The van der Waals surface area contributed by atoms with Crippen LogP contribution in [0.3, 0.4) is 0 Å². The predicted octanol–water partition coefficient (Wildman–Crippen LogP) is 8.85. The van der Waals surface area contributed by atoms with E-state index in [0.717, 1.165) is 11.5 Å². The van der Waals surface area contributed by atoms with Crippen LogP contribution in [0.5, 0.6) is 0 Å². The summed E-state index contributed by atoms with van der Waals surface area (Å²) in [4.78, 5) is 0. The van der Waals surface area contributed by atoms with E-state index in [9.17, 15) is 0 Å². The molecule has 2 aliphatic carbocycles. The van der Waals surface area contributed by atoms with Gasteiger partial charge in [0.2, 0.25) is 0 Å². The minimum atomic E-state index is 0.714. The van der Waals surface area contributed by atoms with Crippen LogP contribution in [0.4, 0.5) is 0 Å². The summed E-state index contributed by atoms with van der Waals surface area (Å²) in [5.41, 5.74) is 7.88. The molecule has 1 fully saturated rings. The maximum absolute atomic E-state index is 4.01. The molecule has 27 heavy (non-hydrogen) atoms. The van der Waals surface area contributed by atoms with Crippen LogP contribution in [0.25, 0.3) is 29.4 Å². The zero-order valence-electron chi connectivity index (χ0n) is 18.0. The van der Waals surface area contributed by atoms with Gasteiger partial charge in [0.05, 0.1) is 0 Å². The molecule has 2 aromatic carbocycles. The van der Waals surface area contributed by atoms with Crippen LogP contribution >= 0.6 is 0 Å². The first-order valence-electron chi connectivity index (χ1n) is 10.5.